The summed E-state index contributed by atoms with van der Waals surface area (Å²) in [6.07, 6.45) is -0.306. The van der Waals surface area contributed by atoms with Crippen molar-refractivity contribution in [3.8, 4) is 0 Å². The third-order valence-corrected chi connectivity index (χ3v) is 3.36. The molecule has 5 heteroatoms. The van der Waals surface area contributed by atoms with Gasteiger partial charge in [-0.25, -0.2) is 4.39 Å². The van der Waals surface area contributed by atoms with Crippen LogP contribution in [-0.4, -0.2) is 36.1 Å². The molecule has 1 aromatic rings. The van der Waals surface area contributed by atoms with Crippen LogP contribution < -0.4 is 5.32 Å². The molecule has 2 unspecified atom stereocenters. The van der Waals surface area contributed by atoms with Crippen LogP contribution >= 0.6 is 0 Å². The fraction of sp³-hybridized carbons (Fsp3) is 0.533. The van der Waals surface area contributed by atoms with Gasteiger partial charge >= 0.3 is 0 Å². The van der Waals surface area contributed by atoms with E-state index in [2.05, 4.69) is 5.32 Å². The van der Waals surface area contributed by atoms with Crippen molar-refractivity contribution in [1.29, 1.82) is 0 Å². The average molecular weight is 280 g/mol. The summed E-state index contributed by atoms with van der Waals surface area (Å²) in [4.78, 5) is 13.8. The molecule has 1 saturated heterocycles. The monoisotopic (exact) mass is 280 g/mol. The van der Waals surface area contributed by atoms with Gasteiger partial charge in [-0.3, -0.25) is 10.1 Å². The van der Waals surface area contributed by atoms with Crippen molar-refractivity contribution in [2.24, 2.45) is 0 Å². The first kappa shape index (κ1) is 14.9. The van der Waals surface area contributed by atoms with Crippen molar-refractivity contribution < 1.29 is 13.9 Å². The zero-order valence-electron chi connectivity index (χ0n) is 12.1. The van der Waals surface area contributed by atoms with E-state index in [1.54, 1.807) is 30.0 Å². The Labute approximate surface area is 118 Å². The predicted molar refractivity (Wildman–Crippen MR) is 74.5 cm³/mol. The third kappa shape index (κ3) is 3.16. The third-order valence-electron chi connectivity index (χ3n) is 3.36. The molecule has 0 radical (unpaired) electrons. The van der Waals surface area contributed by atoms with E-state index in [4.69, 9.17) is 4.74 Å². The number of rotatable bonds is 5. The number of nitrogens with one attached hydrogen (secondary N) is 1. The Morgan fingerprint density at radius 3 is 2.75 bits per heavy atom. The van der Waals surface area contributed by atoms with Crippen LogP contribution in [0.4, 0.5) is 4.39 Å². The summed E-state index contributed by atoms with van der Waals surface area (Å²) in [5.41, 5.74) is 0.495. The molecular weight excluding hydrogens is 259 g/mol. The van der Waals surface area contributed by atoms with E-state index < -0.39 is 6.17 Å². The standard InChI is InChI=1S/C15H21FN2O2/c1-10(2)20-9-8-18-14(17-11(3)15(18)19)12-6-4-5-7-13(12)16/h4-7,10-11,14,17H,8-9H2,1-3H3. The van der Waals surface area contributed by atoms with Gasteiger partial charge in [0.2, 0.25) is 5.91 Å². The molecule has 0 aromatic heterocycles. The molecule has 1 aliphatic heterocycles. The lowest BCUT2D eigenvalue weighted by Gasteiger charge is -2.25. The van der Waals surface area contributed by atoms with E-state index in [-0.39, 0.29) is 23.9 Å². The summed E-state index contributed by atoms with van der Waals surface area (Å²) in [5.74, 6) is -0.327. The van der Waals surface area contributed by atoms with E-state index in [0.717, 1.165) is 0 Å². The van der Waals surface area contributed by atoms with Crippen LogP contribution in [-0.2, 0) is 9.53 Å². The van der Waals surface area contributed by atoms with Crippen LogP contribution in [0.1, 0.15) is 32.5 Å². The lowest BCUT2D eigenvalue weighted by molar-refractivity contribution is -0.130. The van der Waals surface area contributed by atoms with E-state index in [1.165, 1.54) is 6.07 Å². The number of ether oxygens (including phenoxy) is 1. The van der Waals surface area contributed by atoms with Crippen LogP contribution in [0.3, 0.4) is 0 Å². The highest BCUT2D eigenvalue weighted by molar-refractivity contribution is 5.84. The summed E-state index contributed by atoms with van der Waals surface area (Å²) < 4.78 is 19.4. The van der Waals surface area contributed by atoms with Crippen molar-refractivity contribution in [1.82, 2.24) is 10.2 Å². The molecule has 1 amide bonds. The average Bonchev–Trinajstić information content (AvgIpc) is 2.67. The fourth-order valence-corrected chi connectivity index (χ4v) is 2.35. The molecular formula is C15H21FN2O2. The maximum atomic E-state index is 13.9. The molecule has 20 heavy (non-hydrogen) atoms. The lowest BCUT2D eigenvalue weighted by Crippen LogP contribution is -2.34. The first-order chi connectivity index (χ1) is 9.50. The number of hydrogen-bond acceptors (Lipinski definition) is 3. The molecule has 0 aliphatic carbocycles. The Morgan fingerprint density at radius 1 is 1.40 bits per heavy atom. The molecule has 1 N–H and O–H groups in total. The lowest BCUT2D eigenvalue weighted by atomic mass is 10.1. The minimum Gasteiger partial charge on any atom is -0.377 e. The summed E-state index contributed by atoms with van der Waals surface area (Å²) in [5, 5.41) is 3.13. The zero-order valence-corrected chi connectivity index (χ0v) is 12.1. The summed E-state index contributed by atoms with van der Waals surface area (Å²) in [7, 11) is 0. The van der Waals surface area contributed by atoms with Crippen LogP contribution in [0.15, 0.2) is 24.3 Å². The van der Waals surface area contributed by atoms with Crippen LogP contribution in [0.25, 0.3) is 0 Å². The minimum atomic E-state index is -0.422. The molecule has 0 spiro atoms. The Bertz CT molecular complexity index is 479. The molecule has 1 aromatic carbocycles. The Balaban J connectivity index is 2.13. The van der Waals surface area contributed by atoms with Gasteiger partial charge in [0.05, 0.1) is 18.8 Å². The second kappa shape index (κ2) is 6.33. The molecule has 0 bridgehead atoms. The zero-order chi connectivity index (χ0) is 14.7. The quantitative estimate of drug-likeness (QED) is 0.897. The normalized spacial score (nSPS) is 22.9. The fourth-order valence-electron chi connectivity index (χ4n) is 2.35. The van der Waals surface area contributed by atoms with Gasteiger partial charge < -0.3 is 9.64 Å². The second-order valence-electron chi connectivity index (χ2n) is 5.26. The topological polar surface area (TPSA) is 41.6 Å². The highest BCUT2D eigenvalue weighted by Crippen LogP contribution is 2.26. The first-order valence-corrected chi connectivity index (χ1v) is 6.93. The van der Waals surface area contributed by atoms with Gasteiger partial charge in [0.1, 0.15) is 12.0 Å². The molecule has 0 saturated carbocycles. The van der Waals surface area contributed by atoms with E-state index in [1.807, 2.05) is 13.8 Å². The van der Waals surface area contributed by atoms with Gasteiger partial charge in [-0.2, -0.15) is 0 Å². The van der Waals surface area contributed by atoms with Gasteiger partial charge in [0.25, 0.3) is 0 Å². The maximum absolute atomic E-state index is 13.9. The first-order valence-electron chi connectivity index (χ1n) is 6.93. The number of hydrogen-bond donors (Lipinski definition) is 1. The number of carbonyl (C=O) groups is 1. The minimum absolute atomic E-state index is 0.0226. The van der Waals surface area contributed by atoms with Crippen LogP contribution in [0.2, 0.25) is 0 Å². The second-order valence-corrected chi connectivity index (χ2v) is 5.26. The highest BCUT2D eigenvalue weighted by atomic mass is 19.1. The predicted octanol–water partition coefficient (Wildman–Crippen LogP) is 2.07. The van der Waals surface area contributed by atoms with Crippen molar-refractivity contribution >= 4 is 5.91 Å². The van der Waals surface area contributed by atoms with Crippen LogP contribution in [0, 0.1) is 5.82 Å². The van der Waals surface area contributed by atoms with Crippen molar-refractivity contribution in [2.75, 3.05) is 13.2 Å². The molecule has 4 nitrogen and oxygen atoms in total. The number of nitrogens with zero attached hydrogens (tertiary/aromatic N) is 1. The highest BCUT2D eigenvalue weighted by Gasteiger charge is 2.37. The Hall–Kier alpha value is -1.46. The smallest absolute Gasteiger partial charge is 0.241 e. The van der Waals surface area contributed by atoms with Gasteiger partial charge in [-0.1, -0.05) is 18.2 Å². The number of halogens is 1. The molecule has 1 fully saturated rings. The molecule has 1 aliphatic rings. The molecule has 2 atom stereocenters. The van der Waals surface area contributed by atoms with Crippen LogP contribution in [0.5, 0.6) is 0 Å². The van der Waals surface area contributed by atoms with Gasteiger partial charge in [0, 0.05) is 12.1 Å². The van der Waals surface area contributed by atoms with E-state index >= 15 is 0 Å². The molecule has 1 heterocycles. The van der Waals surface area contributed by atoms with Crippen molar-refractivity contribution in [2.45, 2.75) is 39.1 Å². The summed E-state index contributed by atoms with van der Waals surface area (Å²) >= 11 is 0. The van der Waals surface area contributed by atoms with E-state index in [9.17, 15) is 9.18 Å². The van der Waals surface area contributed by atoms with Crippen molar-refractivity contribution in [3.63, 3.8) is 0 Å². The SMILES string of the molecule is CC(C)OCCN1C(=O)C(C)NC1c1ccccc1F. The van der Waals surface area contributed by atoms with Gasteiger partial charge in [0.15, 0.2) is 0 Å². The van der Waals surface area contributed by atoms with Gasteiger partial charge in [-0.05, 0) is 26.8 Å². The van der Waals surface area contributed by atoms with Crippen molar-refractivity contribution in [3.05, 3.63) is 35.6 Å². The Morgan fingerprint density at radius 2 is 2.10 bits per heavy atom. The molecule has 110 valence electrons. The largest absolute Gasteiger partial charge is 0.377 e. The maximum Gasteiger partial charge on any atom is 0.241 e. The van der Waals surface area contributed by atoms with Gasteiger partial charge in [-0.15, -0.1) is 0 Å². The van der Waals surface area contributed by atoms with E-state index in [0.29, 0.717) is 18.7 Å². The number of carbonyl (C=O) groups excluding carboxylic acids is 1. The summed E-state index contributed by atoms with van der Waals surface area (Å²) in [6.45, 7) is 6.58. The number of benzene rings is 1. The number of amides is 1. The molecule has 2 rings (SSSR count). The Kier molecular flexibility index (Phi) is 4.73. The summed E-state index contributed by atoms with van der Waals surface area (Å²) in [6, 6.07) is 6.22.